The third kappa shape index (κ3) is 4.40. The van der Waals surface area contributed by atoms with E-state index in [1.54, 1.807) is 0 Å². The van der Waals surface area contributed by atoms with Crippen molar-refractivity contribution in [2.75, 3.05) is 18.0 Å². The molecule has 0 saturated carbocycles. The lowest BCUT2D eigenvalue weighted by molar-refractivity contribution is 0.293. The van der Waals surface area contributed by atoms with Gasteiger partial charge in [0.05, 0.1) is 0 Å². The second kappa shape index (κ2) is 7.21. The Morgan fingerprint density at radius 1 is 1.24 bits per heavy atom. The third-order valence-electron chi connectivity index (χ3n) is 4.43. The van der Waals surface area contributed by atoms with E-state index in [-0.39, 0.29) is 0 Å². The van der Waals surface area contributed by atoms with Crippen molar-refractivity contribution in [3.63, 3.8) is 0 Å². The van der Waals surface area contributed by atoms with Crippen LogP contribution in [0.15, 0.2) is 12.4 Å². The fourth-order valence-electron chi connectivity index (χ4n) is 3.07. The molecule has 1 aromatic rings. The average molecular weight is 290 g/mol. The van der Waals surface area contributed by atoms with Crippen molar-refractivity contribution in [3.8, 4) is 0 Å². The van der Waals surface area contributed by atoms with Gasteiger partial charge < -0.3 is 10.2 Å². The quantitative estimate of drug-likeness (QED) is 0.905. The minimum atomic E-state index is 0.520. The van der Waals surface area contributed by atoms with Crippen LogP contribution in [0.1, 0.15) is 46.6 Å². The van der Waals surface area contributed by atoms with Gasteiger partial charge in [-0.25, -0.2) is 9.97 Å². The molecule has 0 bridgehead atoms. The van der Waals surface area contributed by atoms with Crippen molar-refractivity contribution in [3.05, 3.63) is 18.0 Å². The summed E-state index contributed by atoms with van der Waals surface area (Å²) in [5.41, 5.74) is 1.16. The normalized spacial score (nSPS) is 26.4. The van der Waals surface area contributed by atoms with Crippen LogP contribution in [0.2, 0.25) is 0 Å². The van der Waals surface area contributed by atoms with Crippen LogP contribution >= 0.6 is 0 Å². The molecule has 1 aliphatic heterocycles. The Morgan fingerprint density at radius 3 is 2.52 bits per heavy atom. The summed E-state index contributed by atoms with van der Waals surface area (Å²) in [6.07, 6.45) is 5.23. The summed E-state index contributed by atoms with van der Waals surface area (Å²) < 4.78 is 0. The van der Waals surface area contributed by atoms with Crippen molar-refractivity contribution in [1.29, 1.82) is 0 Å². The summed E-state index contributed by atoms with van der Waals surface area (Å²) in [6.45, 7) is 14.3. The second-order valence-electron chi connectivity index (χ2n) is 7.13. The van der Waals surface area contributed by atoms with Crippen LogP contribution < -0.4 is 10.2 Å². The zero-order valence-electron chi connectivity index (χ0n) is 14.1. The molecule has 0 amide bonds. The molecule has 0 aliphatic carbocycles. The number of anilines is 1. The number of nitrogens with one attached hydrogen (secondary N) is 1. The summed E-state index contributed by atoms with van der Waals surface area (Å²) in [6, 6.07) is 0.520. The van der Waals surface area contributed by atoms with E-state index in [9.17, 15) is 0 Å². The molecule has 1 aromatic heterocycles. The van der Waals surface area contributed by atoms with Crippen LogP contribution in [-0.2, 0) is 6.54 Å². The minimum absolute atomic E-state index is 0.520. The molecule has 1 saturated heterocycles. The monoisotopic (exact) mass is 290 g/mol. The van der Waals surface area contributed by atoms with E-state index in [1.807, 2.05) is 12.4 Å². The molecule has 0 radical (unpaired) electrons. The largest absolute Gasteiger partial charge is 0.338 e. The number of aromatic nitrogens is 2. The van der Waals surface area contributed by atoms with Gasteiger partial charge in [0.1, 0.15) is 0 Å². The highest BCUT2D eigenvalue weighted by molar-refractivity contribution is 5.33. The molecule has 21 heavy (non-hydrogen) atoms. The molecule has 3 atom stereocenters. The van der Waals surface area contributed by atoms with Crippen LogP contribution in [0.25, 0.3) is 0 Å². The number of hydrogen-bond donors (Lipinski definition) is 1. The van der Waals surface area contributed by atoms with Crippen molar-refractivity contribution in [1.82, 2.24) is 15.3 Å². The van der Waals surface area contributed by atoms with Gasteiger partial charge >= 0.3 is 0 Å². The van der Waals surface area contributed by atoms with Gasteiger partial charge in [-0.05, 0) is 37.6 Å². The number of piperidine rings is 1. The van der Waals surface area contributed by atoms with Crippen LogP contribution in [0, 0.1) is 17.8 Å². The topological polar surface area (TPSA) is 41.1 Å². The van der Waals surface area contributed by atoms with E-state index < -0.39 is 0 Å². The summed E-state index contributed by atoms with van der Waals surface area (Å²) in [5.74, 6) is 2.97. The second-order valence-corrected chi connectivity index (χ2v) is 7.13. The first-order valence-electron chi connectivity index (χ1n) is 8.25. The SMILES string of the molecule is CC(C)CNCc1cnc(N2CC(C)CC(C)C2C)nc1. The maximum Gasteiger partial charge on any atom is 0.225 e. The van der Waals surface area contributed by atoms with Gasteiger partial charge in [-0.1, -0.05) is 27.7 Å². The van der Waals surface area contributed by atoms with E-state index in [0.717, 1.165) is 31.1 Å². The summed E-state index contributed by atoms with van der Waals surface area (Å²) >= 11 is 0. The Balaban J connectivity index is 1.97. The van der Waals surface area contributed by atoms with Crippen LogP contribution in [-0.4, -0.2) is 29.1 Å². The molecule has 0 spiro atoms. The molecule has 1 N–H and O–H groups in total. The van der Waals surface area contributed by atoms with Gasteiger partial charge in [0, 0.05) is 37.1 Å². The van der Waals surface area contributed by atoms with Crippen LogP contribution in [0.4, 0.5) is 5.95 Å². The van der Waals surface area contributed by atoms with Crippen LogP contribution in [0.5, 0.6) is 0 Å². The third-order valence-corrected chi connectivity index (χ3v) is 4.43. The lowest BCUT2D eigenvalue weighted by Crippen LogP contribution is -2.46. The standard InChI is InChI=1S/C17H30N4/c1-12(2)7-18-8-16-9-19-17(20-10-16)21-11-13(3)6-14(4)15(21)5/h9-10,12-15,18H,6-8,11H2,1-5H3. The summed E-state index contributed by atoms with van der Waals surface area (Å²) in [5, 5.41) is 3.43. The molecule has 4 nitrogen and oxygen atoms in total. The molecule has 1 aliphatic rings. The van der Waals surface area contributed by atoms with E-state index in [2.05, 4.69) is 54.8 Å². The highest BCUT2D eigenvalue weighted by Crippen LogP contribution is 2.29. The molecule has 2 rings (SSSR count). The van der Waals surface area contributed by atoms with E-state index in [0.29, 0.717) is 23.8 Å². The Bertz CT molecular complexity index is 429. The highest BCUT2D eigenvalue weighted by Gasteiger charge is 2.30. The van der Waals surface area contributed by atoms with E-state index in [4.69, 9.17) is 0 Å². The first kappa shape index (κ1) is 16.2. The smallest absolute Gasteiger partial charge is 0.225 e. The predicted molar refractivity (Wildman–Crippen MR) is 88.3 cm³/mol. The molecule has 1 fully saturated rings. The maximum atomic E-state index is 4.59. The van der Waals surface area contributed by atoms with Gasteiger partial charge in [0.2, 0.25) is 5.95 Å². The average Bonchev–Trinajstić information content (AvgIpc) is 2.43. The van der Waals surface area contributed by atoms with E-state index in [1.165, 1.54) is 6.42 Å². The molecule has 0 aromatic carbocycles. The fraction of sp³-hybridized carbons (Fsp3) is 0.765. The van der Waals surface area contributed by atoms with Crippen LogP contribution in [0.3, 0.4) is 0 Å². The first-order valence-corrected chi connectivity index (χ1v) is 8.25. The Hall–Kier alpha value is -1.16. The van der Waals surface area contributed by atoms with Gasteiger partial charge in [-0.2, -0.15) is 0 Å². The lowest BCUT2D eigenvalue weighted by Gasteiger charge is -2.41. The highest BCUT2D eigenvalue weighted by atomic mass is 15.3. The Kier molecular flexibility index (Phi) is 5.57. The zero-order valence-corrected chi connectivity index (χ0v) is 14.1. The van der Waals surface area contributed by atoms with Crippen molar-refractivity contribution < 1.29 is 0 Å². The van der Waals surface area contributed by atoms with Crippen molar-refractivity contribution in [2.45, 2.75) is 53.6 Å². The molecular formula is C17H30N4. The molecule has 118 valence electrons. The van der Waals surface area contributed by atoms with Crippen molar-refractivity contribution in [2.24, 2.45) is 17.8 Å². The number of hydrogen-bond acceptors (Lipinski definition) is 4. The summed E-state index contributed by atoms with van der Waals surface area (Å²) in [7, 11) is 0. The lowest BCUT2D eigenvalue weighted by atomic mass is 9.86. The molecule has 3 unspecified atom stereocenters. The van der Waals surface area contributed by atoms with Gasteiger partial charge in [0.25, 0.3) is 0 Å². The van der Waals surface area contributed by atoms with Crippen molar-refractivity contribution >= 4 is 5.95 Å². The predicted octanol–water partition coefficient (Wildman–Crippen LogP) is 3.09. The van der Waals surface area contributed by atoms with Gasteiger partial charge in [-0.15, -0.1) is 0 Å². The van der Waals surface area contributed by atoms with E-state index >= 15 is 0 Å². The first-order chi connectivity index (χ1) is 9.97. The molecule has 4 heteroatoms. The van der Waals surface area contributed by atoms with Gasteiger partial charge in [0.15, 0.2) is 0 Å². The minimum Gasteiger partial charge on any atom is -0.338 e. The molecular weight excluding hydrogens is 260 g/mol. The van der Waals surface area contributed by atoms with Gasteiger partial charge in [-0.3, -0.25) is 0 Å². The zero-order chi connectivity index (χ0) is 15.4. The Labute approximate surface area is 129 Å². The molecule has 2 heterocycles. The maximum absolute atomic E-state index is 4.59. The number of nitrogens with zero attached hydrogens (tertiary/aromatic N) is 3. The Morgan fingerprint density at radius 2 is 1.90 bits per heavy atom. The summed E-state index contributed by atoms with van der Waals surface area (Å²) in [4.78, 5) is 11.6. The fourth-order valence-corrected chi connectivity index (χ4v) is 3.07. The number of rotatable bonds is 5.